The fourth-order valence-corrected chi connectivity index (χ4v) is 2.67. The van der Waals surface area contributed by atoms with Crippen LogP contribution < -0.4 is 4.74 Å². The molecule has 1 heterocycles. The van der Waals surface area contributed by atoms with Crippen molar-refractivity contribution >= 4 is 12.0 Å². The number of benzene rings is 2. The summed E-state index contributed by atoms with van der Waals surface area (Å²) < 4.78 is 11.0. The number of fused-ring (bicyclic) bond motifs is 1. The van der Waals surface area contributed by atoms with Crippen molar-refractivity contribution in [1.29, 1.82) is 0 Å². The lowest BCUT2D eigenvalue weighted by Crippen LogP contribution is -2.25. The van der Waals surface area contributed by atoms with Gasteiger partial charge >= 0.3 is 5.97 Å². The van der Waals surface area contributed by atoms with Gasteiger partial charge in [0, 0.05) is 5.56 Å². The monoisotopic (exact) mass is 308 g/mol. The van der Waals surface area contributed by atoms with Gasteiger partial charge in [0.1, 0.15) is 11.9 Å². The third-order valence-electron chi connectivity index (χ3n) is 3.96. The standard InChI is InChI=1S/C20H20O3/c1-4-22-20(21)18-12-17-11-16(9-10-19(17)23-14(18)3)15-7-5-13(2)6-8-15/h5-12,14H,4H2,1-3H3. The molecule has 2 aromatic carbocycles. The minimum atomic E-state index is -0.314. The van der Waals surface area contributed by atoms with E-state index in [-0.39, 0.29) is 12.1 Å². The number of carbonyl (C=O) groups excluding carboxylic acids is 1. The van der Waals surface area contributed by atoms with Gasteiger partial charge in [-0.2, -0.15) is 0 Å². The van der Waals surface area contributed by atoms with Crippen molar-refractivity contribution in [2.24, 2.45) is 0 Å². The van der Waals surface area contributed by atoms with Crippen LogP contribution in [0.25, 0.3) is 17.2 Å². The van der Waals surface area contributed by atoms with Crippen molar-refractivity contribution in [3.05, 3.63) is 59.2 Å². The summed E-state index contributed by atoms with van der Waals surface area (Å²) in [5, 5.41) is 0. The van der Waals surface area contributed by atoms with Crippen LogP contribution in [-0.4, -0.2) is 18.7 Å². The van der Waals surface area contributed by atoms with Crippen LogP contribution >= 0.6 is 0 Å². The fourth-order valence-electron chi connectivity index (χ4n) is 2.67. The van der Waals surface area contributed by atoms with Crippen LogP contribution in [-0.2, 0) is 9.53 Å². The molecule has 0 amide bonds. The number of hydrogen-bond acceptors (Lipinski definition) is 3. The Bertz CT molecular complexity index is 757. The molecule has 23 heavy (non-hydrogen) atoms. The first kappa shape index (κ1) is 15.3. The van der Waals surface area contributed by atoms with Gasteiger partial charge in [0.05, 0.1) is 12.2 Å². The Morgan fingerprint density at radius 3 is 2.52 bits per heavy atom. The van der Waals surface area contributed by atoms with Gasteiger partial charge in [-0.25, -0.2) is 4.79 Å². The van der Waals surface area contributed by atoms with Gasteiger partial charge in [-0.3, -0.25) is 0 Å². The quantitative estimate of drug-likeness (QED) is 0.789. The third kappa shape index (κ3) is 3.14. The van der Waals surface area contributed by atoms with E-state index in [2.05, 4.69) is 31.2 Å². The molecule has 0 fully saturated rings. The Labute approximate surface area is 136 Å². The van der Waals surface area contributed by atoms with E-state index in [9.17, 15) is 4.79 Å². The Morgan fingerprint density at radius 1 is 1.13 bits per heavy atom. The first-order valence-corrected chi connectivity index (χ1v) is 7.85. The molecule has 0 bridgehead atoms. The topological polar surface area (TPSA) is 35.5 Å². The van der Waals surface area contributed by atoms with Crippen molar-refractivity contribution in [2.75, 3.05) is 6.61 Å². The molecule has 0 radical (unpaired) electrons. The zero-order valence-corrected chi connectivity index (χ0v) is 13.6. The SMILES string of the molecule is CCOC(=O)C1=Cc2cc(-c3ccc(C)cc3)ccc2OC1C. The van der Waals surface area contributed by atoms with Crippen LogP contribution in [0.1, 0.15) is 25.0 Å². The molecule has 0 aliphatic carbocycles. The van der Waals surface area contributed by atoms with Gasteiger partial charge in [-0.05, 0) is 50.1 Å². The first-order chi connectivity index (χ1) is 11.1. The molecule has 1 aliphatic heterocycles. The van der Waals surface area contributed by atoms with Crippen LogP contribution in [0, 0.1) is 6.92 Å². The minimum absolute atomic E-state index is 0.299. The Hall–Kier alpha value is -2.55. The summed E-state index contributed by atoms with van der Waals surface area (Å²) >= 11 is 0. The summed E-state index contributed by atoms with van der Waals surface area (Å²) in [6.07, 6.45) is 1.57. The van der Waals surface area contributed by atoms with E-state index in [1.54, 1.807) is 6.92 Å². The highest BCUT2D eigenvalue weighted by Gasteiger charge is 2.25. The Morgan fingerprint density at radius 2 is 1.83 bits per heavy atom. The summed E-state index contributed by atoms with van der Waals surface area (Å²) in [5.74, 6) is 0.479. The second-order valence-electron chi connectivity index (χ2n) is 5.70. The second kappa shape index (κ2) is 6.29. The third-order valence-corrected chi connectivity index (χ3v) is 3.96. The zero-order valence-electron chi connectivity index (χ0n) is 13.6. The Balaban J connectivity index is 1.99. The number of esters is 1. The number of ether oxygens (including phenoxy) is 2. The van der Waals surface area contributed by atoms with Crippen LogP contribution in [0.3, 0.4) is 0 Å². The predicted molar refractivity (Wildman–Crippen MR) is 91.3 cm³/mol. The molecule has 1 atom stereocenters. The highest BCUT2D eigenvalue weighted by Crippen LogP contribution is 2.33. The molecule has 118 valence electrons. The lowest BCUT2D eigenvalue weighted by atomic mass is 9.97. The molecule has 0 aromatic heterocycles. The molecule has 0 saturated heterocycles. The average molecular weight is 308 g/mol. The van der Waals surface area contributed by atoms with Gasteiger partial charge in [-0.15, -0.1) is 0 Å². The van der Waals surface area contributed by atoms with Gasteiger partial charge in [0.15, 0.2) is 0 Å². The van der Waals surface area contributed by atoms with E-state index in [1.807, 2.05) is 31.2 Å². The van der Waals surface area contributed by atoms with E-state index in [4.69, 9.17) is 9.47 Å². The largest absolute Gasteiger partial charge is 0.485 e. The lowest BCUT2D eigenvalue weighted by molar-refractivity contribution is -0.139. The molecular weight excluding hydrogens is 288 g/mol. The van der Waals surface area contributed by atoms with Crippen molar-refractivity contribution in [3.63, 3.8) is 0 Å². The highest BCUT2D eigenvalue weighted by atomic mass is 16.5. The van der Waals surface area contributed by atoms with E-state index < -0.39 is 0 Å². The number of rotatable bonds is 3. The number of aryl methyl sites for hydroxylation is 1. The number of carbonyl (C=O) groups is 1. The molecule has 0 spiro atoms. The van der Waals surface area contributed by atoms with Crippen LogP contribution in [0.2, 0.25) is 0 Å². The van der Waals surface area contributed by atoms with Crippen molar-refractivity contribution in [3.8, 4) is 16.9 Å². The summed E-state index contributed by atoms with van der Waals surface area (Å²) in [6.45, 7) is 6.09. The van der Waals surface area contributed by atoms with Crippen LogP contribution in [0.5, 0.6) is 5.75 Å². The van der Waals surface area contributed by atoms with Gasteiger partial charge in [0.25, 0.3) is 0 Å². The maximum Gasteiger partial charge on any atom is 0.337 e. The van der Waals surface area contributed by atoms with E-state index in [0.717, 1.165) is 22.4 Å². The van der Waals surface area contributed by atoms with E-state index >= 15 is 0 Å². The molecule has 1 aliphatic rings. The molecule has 3 rings (SSSR count). The minimum Gasteiger partial charge on any atom is -0.485 e. The molecule has 3 heteroatoms. The molecular formula is C20H20O3. The van der Waals surface area contributed by atoms with E-state index in [1.165, 1.54) is 5.56 Å². The van der Waals surface area contributed by atoms with Crippen LogP contribution in [0.4, 0.5) is 0 Å². The van der Waals surface area contributed by atoms with Gasteiger partial charge in [-0.1, -0.05) is 35.9 Å². The maximum absolute atomic E-state index is 12.0. The summed E-state index contributed by atoms with van der Waals surface area (Å²) in [5.41, 5.74) is 4.93. The van der Waals surface area contributed by atoms with Crippen LogP contribution in [0.15, 0.2) is 48.0 Å². The van der Waals surface area contributed by atoms with Crippen molar-refractivity contribution in [2.45, 2.75) is 26.9 Å². The average Bonchev–Trinajstić information content (AvgIpc) is 2.55. The lowest BCUT2D eigenvalue weighted by Gasteiger charge is -2.23. The normalized spacial score (nSPS) is 16.1. The van der Waals surface area contributed by atoms with Crippen molar-refractivity contribution < 1.29 is 14.3 Å². The molecule has 2 aromatic rings. The fraction of sp³-hybridized carbons (Fsp3) is 0.250. The summed E-state index contributed by atoms with van der Waals surface area (Å²) in [6, 6.07) is 14.4. The maximum atomic E-state index is 12.0. The first-order valence-electron chi connectivity index (χ1n) is 7.85. The molecule has 0 N–H and O–H groups in total. The Kier molecular flexibility index (Phi) is 4.20. The predicted octanol–water partition coefficient (Wildman–Crippen LogP) is 4.39. The second-order valence-corrected chi connectivity index (χ2v) is 5.70. The summed E-state index contributed by atoms with van der Waals surface area (Å²) in [7, 11) is 0. The smallest absolute Gasteiger partial charge is 0.337 e. The molecule has 0 saturated carbocycles. The number of hydrogen-bond donors (Lipinski definition) is 0. The van der Waals surface area contributed by atoms with Gasteiger partial charge in [0.2, 0.25) is 0 Å². The zero-order chi connectivity index (χ0) is 16.4. The van der Waals surface area contributed by atoms with Crippen molar-refractivity contribution in [1.82, 2.24) is 0 Å². The summed E-state index contributed by atoms with van der Waals surface area (Å²) in [4.78, 5) is 12.0. The highest BCUT2D eigenvalue weighted by molar-refractivity contribution is 5.96. The molecule has 3 nitrogen and oxygen atoms in total. The molecule has 1 unspecified atom stereocenters. The van der Waals surface area contributed by atoms with E-state index in [0.29, 0.717) is 12.2 Å². The van der Waals surface area contributed by atoms with Gasteiger partial charge < -0.3 is 9.47 Å².